The number of aromatic nitrogens is 1. The molecule has 1 unspecified atom stereocenters. The summed E-state index contributed by atoms with van der Waals surface area (Å²) in [5.41, 5.74) is 4.31. The summed E-state index contributed by atoms with van der Waals surface area (Å²) >= 11 is 9.33. The zero-order valence-corrected chi connectivity index (χ0v) is 12.2. The van der Waals surface area contributed by atoms with Crippen LogP contribution in [0.3, 0.4) is 0 Å². The molecule has 1 atom stereocenters. The molecule has 0 fully saturated rings. The highest BCUT2D eigenvalue weighted by molar-refractivity contribution is 9.10. The van der Waals surface area contributed by atoms with E-state index in [1.807, 2.05) is 12.1 Å². The van der Waals surface area contributed by atoms with E-state index in [0.29, 0.717) is 11.4 Å². The van der Waals surface area contributed by atoms with Gasteiger partial charge in [-0.1, -0.05) is 17.7 Å². The van der Waals surface area contributed by atoms with Gasteiger partial charge in [0.15, 0.2) is 0 Å². The normalized spacial score (nSPS) is 12.4. The van der Waals surface area contributed by atoms with Gasteiger partial charge in [0.25, 0.3) is 0 Å². The van der Waals surface area contributed by atoms with Crippen LogP contribution in [-0.4, -0.2) is 4.98 Å². The fourth-order valence-electron chi connectivity index (χ4n) is 1.75. The predicted octanol–water partition coefficient (Wildman–Crippen LogP) is 3.38. The molecule has 3 nitrogen and oxygen atoms in total. The van der Waals surface area contributed by atoms with E-state index in [1.54, 1.807) is 12.3 Å². The Kier molecular flexibility index (Phi) is 4.87. The Morgan fingerprint density at radius 3 is 2.74 bits per heavy atom. The second-order valence-electron chi connectivity index (χ2n) is 4.06. The quantitative estimate of drug-likeness (QED) is 0.660. The maximum atomic E-state index is 13.0. The minimum absolute atomic E-state index is 0.184. The number of benzene rings is 1. The fraction of sp³-hybridized carbons (Fsp3) is 0.154. The van der Waals surface area contributed by atoms with Gasteiger partial charge in [-0.05, 0) is 52.2 Å². The first-order valence-corrected chi connectivity index (χ1v) is 6.78. The lowest BCUT2D eigenvalue weighted by molar-refractivity contribution is 0.537. The Morgan fingerprint density at radius 2 is 2.16 bits per heavy atom. The molecule has 0 amide bonds. The zero-order chi connectivity index (χ0) is 13.8. The topological polar surface area (TPSA) is 50.9 Å². The van der Waals surface area contributed by atoms with E-state index in [1.165, 1.54) is 12.1 Å². The molecule has 0 saturated heterocycles. The maximum Gasteiger partial charge on any atom is 0.124 e. The minimum Gasteiger partial charge on any atom is -0.271 e. The number of nitrogens with zero attached hydrogens (tertiary/aromatic N) is 1. The van der Waals surface area contributed by atoms with Gasteiger partial charge in [-0.3, -0.25) is 16.3 Å². The van der Waals surface area contributed by atoms with Crippen LogP contribution in [-0.2, 0) is 6.42 Å². The molecule has 3 N–H and O–H groups in total. The third-order valence-corrected chi connectivity index (χ3v) is 3.57. The second kappa shape index (κ2) is 6.43. The minimum atomic E-state index is -0.354. The van der Waals surface area contributed by atoms with E-state index in [9.17, 15) is 4.39 Å². The molecule has 0 radical (unpaired) electrons. The molecule has 1 aromatic heterocycles. The SMILES string of the molecule is NNC(Cc1ccc(F)cc1Cl)c1ccc(Br)cn1. The van der Waals surface area contributed by atoms with Gasteiger partial charge in [0.2, 0.25) is 0 Å². The number of halogens is 3. The van der Waals surface area contributed by atoms with Gasteiger partial charge in [0.05, 0.1) is 11.7 Å². The summed E-state index contributed by atoms with van der Waals surface area (Å²) < 4.78 is 13.9. The van der Waals surface area contributed by atoms with Crippen LogP contribution in [0.25, 0.3) is 0 Å². The molecule has 0 saturated carbocycles. The number of hydrogen-bond acceptors (Lipinski definition) is 3. The average Bonchev–Trinajstić information content (AvgIpc) is 2.39. The van der Waals surface area contributed by atoms with Crippen LogP contribution in [0.5, 0.6) is 0 Å². The van der Waals surface area contributed by atoms with Crippen molar-refractivity contribution in [2.75, 3.05) is 0 Å². The van der Waals surface area contributed by atoms with Crippen LogP contribution >= 0.6 is 27.5 Å². The summed E-state index contributed by atoms with van der Waals surface area (Å²) in [6.45, 7) is 0. The van der Waals surface area contributed by atoms with E-state index in [-0.39, 0.29) is 11.9 Å². The van der Waals surface area contributed by atoms with Gasteiger partial charge >= 0.3 is 0 Å². The highest BCUT2D eigenvalue weighted by Gasteiger charge is 2.14. The molecule has 100 valence electrons. The van der Waals surface area contributed by atoms with Gasteiger partial charge in [0.1, 0.15) is 5.82 Å². The van der Waals surface area contributed by atoms with E-state index in [0.717, 1.165) is 15.7 Å². The third kappa shape index (κ3) is 3.73. The number of hydrazine groups is 1. The predicted molar refractivity (Wildman–Crippen MR) is 77.1 cm³/mol. The second-order valence-corrected chi connectivity index (χ2v) is 5.38. The van der Waals surface area contributed by atoms with Crippen LogP contribution in [0.4, 0.5) is 4.39 Å². The number of rotatable bonds is 4. The van der Waals surface area contributed by atoms with Gasteiger partial charge in [-0.25, -0.2) is 4.39 Å². The molecule has 2 rings (SSSR count). The monoisotopic (exact) mass is 343 g/mol. The summed E-state index contributed by atoms with van der Waals surface area (Å²) in [7, 11) is 0. The molecule has 6 heteroatoms. The van der Waals surface area contributed by atoms with Crippen LogP contribution in [0.1, 0.15) is 17.3 Å². The van der Waals surface area contributed by atoms with Crippen molar-refractivity contribution in [3.63, 3.8) is 0 Å². The Bertz CT molecular complexity index is 562. The first-order chi connectivity index (χ1) is 9.10. The summed E-state index contributed by atoms with van der Waals surface area (Å²) in [5.74, 6) is 5.20. The highest BCUT2D eigenvalue weighted by atomic mass is 79.9. The molecule has 0 aliphatic rings. The average molecular weight is 345 g/mol. The van der Waals surface area contributed by atoms with Crippen molar-refractivity contribution in [1.82, 2.24) is 10.4 Å². The van der Waals surface area contributed by atoms with Crippen molar-refractivity contribution in [3.8, 4) is 0 Å². The van der Waals surface area contributed by atoms with E-state index < -0.39 is 0 Å². The Balaban J connectivity index is 2.21. The van der Waals surface area contributed by atoms with Crippen LogP contribution in [0.15, 0.2) is 41.0 Å². The molecule has 1 aromatic carbocycles. The first-order valence-electron chi connectivity index (χ1n) is 5.61. The summed E-state index contributed by atoms with van der Waals surface area (Å²) in [4.78, 5) is 4.29. The molecule has 19 heavy (non-hydrogen) atoms. The Hall–Kier alpha value is -1.01. The van der Waals surface area contributed by atoms with Crippen molar-refractivity contribution in [3.05, 3.63) is 63.1 Å². The standard InChI is InChI=1S/C13H12BrClFN3/c14-9-2-4-12(18-7-9)13(19-17)5-8-1-3-10(16)6-11(8)15/h1-4,6-7,13,19H,5,17H2. The lowest BCUT2D eigenvalue weighted by Gasteiger charge is -2.16. The lowest BCUT2D eigenvalue weighted by Crippen LogP contribution is -2.30. The Labute approximate surface area is 124 Å². The summed E-state index contributed by atoms with van der Waals surface area (Å²) in [6.07, 6.45) is 2.23. The van der Waals surface area contributed by atoms with Crippen molar-refractivity contribution in [2.24, 2.45) is 5.84 Å². The molecule has 0 spiro atoms. The molecule has 1 heterocycles. The van der Waals surface area contributed by atoms with Crippen LogP contribution < -0.4 is 11.3 Å². The lowest BCUT2D eigenvalue weighted by atomic mass is 10.0. The van der Waals surface area contributed by atoms with Crippen molar-refractivity contribution in [1.29, 1.82) is 0 Å². The van der Waals surface area contributed by atoms with E-state index in [4.69, 9.17) is 17.4 Å². The maximum absolute atomic E-state index is 13.0. The first kappa shape index (κ1) is 14.4. The summed E-state index contributed by atoms with van der Waals surface area (Å²) in [5, 5.41) is 0.386. The van der Waals surface area contributed by atoms with Gasteiger partial charge in [-0.15, -0.1) is 0 Å². The fourth-order valence-corrected chi connectivity index (χ4v) is 2.23. The molecule has 0 aliphatic carbocycles. The van der Waals surface area contributed by atoms with Gasteiger partial charge in [0, 0.05) is 15.7 Å². The van der Waals surface area contributed by atoms with E-state index >= 15 is 0 Å². The number of nitrogens with two attached hydrogens (primary N) is 1. The van der Waals surface area contributed by atoms with E-state index in [2.05, 4.69) is 26.3 Å². The zero-order valence-electron chi connectivity index (χ0n) is 9.91. The van der Waals surface area contributed by atoms with Crippen molar-refractivity contribution >= 4 is 27.5 Å². The van der Waals surface area contributed by atoms with Crippen molar-refractivity contribution < 1.29 is 4.39 Å². The third-order valence-electron chi connectivity index (χ3n) is 2.75. The van der Waals surface area contributed by atoms with Crippen LogP contribution in [0, 0.1) is 5.82 Å². The van der Waals surface area contributed by atoms with Gasteiger partial charge in [-0.2, -0.15) is 0 Å². The van der Waals surface area contributed by atoms with Crippen molar-refractivity contribution in [2.45, 2.75) is 12.5 Å². The smallest absolute Gasteiger partial charge is 0.124 e. The number of nitrogens with one attached hydrogen (secondary N) is 1. The molecular weight excluding hydrogens is 333 g/mol. The van der Waals surface area contributed by atoms with Gasteiger partial charge < -0.3 is 0 Å². The molecule has 2 aromatic rings. The molecular formula is C13H12BrClFN3. The molecule has 0 aliphatic heterocycles. The van der Waals surface area contributed by atoms with Crippen LogP contribution in [0.2, 0.25) is 5.02 Å². The number of pyridine rings is 1. The largest absolute Gasteiger partial charge is 0.271 e. The Morgan fingerprint density at radius 1 is 1.37 bits per heavy atom. The summed E-state index contributed by atoms with van der Waals surface area (Å²) in [6, 6.07) is 7.89. The number of hydrogen-bond donors (Lipinski definition) is 2. The highest BCUT2D eigenvalue weighted by Crippen LogP contribution is 2.23. The molecule has 0 bridgehead atoms.